The van der Waals surface area contributed by atoms with Gasteiger partial charge in [-0.25, -0.2) is 14.8 Å². The van der Waals surface area contributed by atoms with Crippen molar-refractivity contribution in [3.63, 3.8) is 0 Å². The van der Waals surface area contributed by atoms with Gasteiger partial charge in [-0.2, -0.15) is 26.3 Å². The van der Waals surface area contributed by atoms with E-state index in [2.05, 4.69) is 9.97 Å². The standard InChI is InChI=1S/C22H22F6N4O3S/c1-3-35-20(34)18-31-16(19(33)32-11-4-5-12(32)7-6-11)17(36-18)13-9-29-15(8-14(13)22(26,27)28)30-10(2)21(23,24)25/h8-12H,3-7H2,1-2H3,(H,29,30). The van der Waals surface area contributed by atoms with E-state index < -0.39 is 47.2 Å². The number of hydrogen-bond acceptors (Lipinski definition) is 7. The van der Waals surface area contributed by atoms with Gasteiger partial charge in [0.15, 0.2) is 0 Å². The zero-order valence-corrected chi connectivity index (χ0v) is 20.0. The van der Waals surface area contributed by atoms with Gasteiger partial charge in [0.1, 0.15) is 17.6 Å². The van der Waals surface area contributed by atoms with E-state index in [1.807, 2.05) is 5.32 Å². The van der Waals surface area contributed by atoms with Crippen molar-refractivity contribution in [3.8, 4) is 10.4 Å². The van der Waals surface area contributed by atoms with Gasteiger partial charge in [-0.05, 0) is 45.6 Å². The molecule has 36 heavy (non-hydrogen) atoms. The monoisotopic (exact) mass is 536 g/mol. The van der Waals surface area contributed by atoms with Crippen LogP contribution < -0.4 is 5.32 Å². The molecule has 1 N–H and O–H groups in total. The van der Waals surface area contributed by atoms with Crippen molar-refractivity contribution in [2.45, 2.75) is 70.0 Å². The highest BCUT2D eigenvalue weighted by atomic mass is 32.1. The SMILES string of the molecule is CCOC(=O)c1nc(C(=O)N2C3CCC2CC3)c(-c2cnc(NC(C)C(F)(F)F)cc2C(F)(F)F)s1. The van der Waals surface area contributed by atoms with Crippen molar-refractivity contribution in [1.29, 1.82) is 0 Å². The molecule has 2 aromatic heterocycles. The lowest BCUT2D eigenvalue weighted by Crippen LogP contribution is -2.35. The van der Waals surface area contributed by atoms with Gasteiger partial charge < -0.3 is 15.0 Å². The average molecular weight is 536 g/mol. The van der Waals surface area contributed by atoms with Crippen LogP contribution in [0.15, 0.2) is 12.3 Å². The molecule has 7 nitrogen and oxygen atoms in total. The molecule has 0 spiro atoms. The van der Waals surface area contributed by atoms with Crippen molar-refractivity contribution in [3.05, 3.63) is 28.5 Å². The van der Waals surface area contributed by atoms with E-state index in [4.69, 9.17) is 4.74 Å². The molecule has 2 bridgehead atoms. The van der Waals surface area contributed by atoms with E-state index >= 15 is 0 Å². The summed E-state index contributed by atoms with van der Waals surface area (Å²) in [6.45, 7) is 2.28. The fraction of sp³-hybridized carbons (Fsp3) is 0.545. The first kappa shape index (κ1) is 26.2. The first-order valence-corrected chi connectivity index (χ1v) is 12.0. The minimum Gasteiger partial charge on any atom is -0.461 e. The number of amides is 1. The number of thiazole rings is 1. The Morgan fingerprint density at radius 3 is 2.31 bits per heavy atom. The van der Waals surface area contributed by atoms with Crippen LogP contribution >= 0.6 is 11.3 Å². The maximum Gasteiger partial charge on any atom is 0.417 e. The number of halogens is 6. The summed E-state index contributed by atoms with van der Waals surface area (Å²) in [6, 6.07) is -1.81. The van der Waals surface area contributed by atoms with Crippen LogP contribution in [-0.2, 0) is 10.9 Å². The molecule has 196 valence electrons. The summed E-state index contributed by atoms with van der Waals surface area (Å²) in [7, 11) is 0. The lowest BCUT2D eigenvalue weighted by atomic mass is 10.0. The van der Waals surface area contributed by atoms with Crippen molar-refractivity contribution in [2.75, 3.05) is 11.9 Å². The maximum atomic E-state index is 14.1. The summed E-state index contributed by atoms with van der Waals surface area (Å²) in [5.41, 5.74) is -2.21. The van der Waals surface area contributed by atoms with Gasteiger partial charge in [0, 0.05) is 23.8 Å². The number of carbonyl (C=O) groups excluding carboxylic acids is 2. The number of pyridine rings is 1. The molecule has 2 aliphatic rings. The Hall–Kier alpha value is -2.90. The number of hydrogen-bond donors (Lipinski definition) is 1. The van der Waals surface area contributed by atoms with Gasteiger partial charge in [-0.15, -0.1) is 11.3 Å². The highest BCUT2D eigenvalue weighted by Gasteiger charge is 2.45. The van der Waals surface area contributed by atoms with Crippen LogP contribution in [0.1, 0.15) is 65.4 Å². The lowest BCUT2D eigenvalue weighted by molar-refractivity contribution is -0.138. The van der Waals surface area contributed by atoms with Crippen LogP contribution in [0.4, 0.5) is 32.2 Å². The molecule has 14 heteroatoms. The average Bonchev–Trinajstić information content (AvgIpc) is 3.52. The van der Waals surface area contributed by atoms with E-state index in [1.54, 1.807) is 11.8 Å². The van der Waals surface area contributed by atoms with Crippen LogP contribution in [-0.4, -0.2) is 57.7 Å². The normalized spacial score (nSPS) is 20.5. The number of rotatable bonds is 6. The minimum atomic E-state index is -5.00. The number of nitrogens with zero attached hydrogens (tertiary/aromatic N) is 3. The molecular formula is C22H22F6N4O3S. The number of aromatic nitrogens is 2. The van der Waals surface area contributed by atoms with E-state index in [1.165, 1.54) is 0 Å². The van der Waals surface area contributed by atoms with E-state index in [0.717, 1.165) is 38.8 Å². The quantitative estimate of drug-likeness (QED) is 0.386. The van der Waals surface area contributed by atoms with Crippen molar-refractivity contribution < 1.29 is 40.7 Å². The predicted octanol–water partition coefficient (Wildman–Crippen LogP) is 5.53. The number of carbonyl (C=O) groups is 2. The van der Waals surface area contributed by atoms with Crippen molar-refractivity contribution in [1.82, 2.24) is 14.9 Å². The van der Waals surface area contributed by atoms with E-state index in [9.17, 15) is 35.9 Å². The Labute approximate surface area is 205 Å². The number of nitrogens with one attached hydrogen (secondary N) is 1. The highest BCUT2D eigenvalue weighted by Crippen LogP contribution is 2.44. The molecule has 1 amide bonds. The topological polar surface area (TPSA) is 84.4 Å². The molecule has 0 aliphatic carbocycles. The first-order chi connectivity index (χ1) is 16.8. The third-order valence-corrected chi connectivity index (χ3v) is 7.35. The van der Waals surface area contributed by atoms with Gasteiger partial charge >= 0.3 is 18.3 Å². The summed E-state index contributed by atoms with van der Waals surface area (Å²) in [5, 5.41) is 1.61. The Morgan fingerprint density at radius 2 is 1.78 bits per heavy atom. The molecule has 0 radical (unpaired) electrons. The smallest absolute Gasteiger partial charge is 0.417 e. The maximum absolute atomic E-state index is 14.1. The highest BCUT2D eigenvalue weighted by molar-refractivity contribution is 7.17. The van der Waals surface area contributed by atoms with Gasteiger partial charge in [0.2, 0.25) is 5.01 Å². The predicted molar refractivity (Wildman–Crippen MR) is 118 cm³/mol. The fourth-order valence-electron chi connectivity index (χ4n) is 4.55. The molecule has 1 unspecified atom stereocenters. The van der Waals surface area contributed by atoms with Gasteiger partial charge in [-0.3, -0.25) is 4.79 Å². The summed E-state index contributed by atoms with van der Waals surface area (Å²) in [4.78, 5) is 34.9. The molecule has 4 heterocycles. The number of fused-ring (bicyclic) bond motifs is 2. The third kappa shape index (κ3) is 5.00. The molecule has 4 rings (SSSR count). The number of ether oxygens (including phenoxy) is 1. The van der Waals surface area contributed by atoms with E-state index in [-0.39, 0.29) is 34.3 Å². The Kier molecular flexibility index (Phi) is 6.92. The molecule has 2 aliphatic heterocycles. The minimum absolute atomic E-state index is 0.0135. The molecular weight excluding hydrogens is 514 g/mol. The lowest BCUT2D eigenvalue weighted by Gasteiger charge is -2.22. The second kappa shape index (κ2) is 9.52. The van der Waals surface area contributed by atoms with Gasteiger partial charge in [0.05, 0.1) is 17.0 Å². The first-order valence-electron chi connectivity index (χ1n) is 11.2. The second-order valence-corrected chi connectivity index (χ2v) is 9.61. The number of anilines is 1. The van der Waals surface area contributed by atoms with Crippen molar-refractivity contribution >= 4 is 29.0 Å². The zero-order valence-electron chi connectivity index (χ0n) is 19.2. The zero-order chi connectivity index (χ0) is 26.4. The van der Waals surface area contributed by atoms with Gasteiger partial charge in [-0.1, -0.05) is 0 Å². The summed E-state index contributed by atoms with van der Waals surface area (Å²) in [6.07, 6.45) is -5.88. The van der Waals surface area contributed by atoms with Crippen LogP contribution in [0.3, 0.4) is 0 Å². The summed E-state index contributed by atoms with van der Waals surface area (Å²) >= 11 is 0.551. The van der Waals surface area contributed by atoms with Crippen LogP contribution in [0.25, 0.3) is 10.4 Å². The van der Waals surface area contributed by atoms with Crippen molar-refractivity contribution in [2.24, 2.45) is 0 Å². The second-order valence-electron chi connectivity index (χ2n) is 8.61. The number of esters is 1. The molecule has 0 saturated carbocycles. The van der Waals surface area contributed by atoms with Crippen LogP contribution in [0.2, 0.25) is 0 Å². The fourth-order valence-corrected chi connectivity index (χ4v) is 5.52. The summed E-state index contributed by atoms with van der Waals surface area (Å²) in [5.74, 6) is -2.13. The van der Waals surface area contributed by atoms with Crippen LogP contribution in [0.5, 0.6) is 0 Å². The van der Waals surface area contributed by atoms with E-state index in [0.29, 0.717) is 17.4 Å². The molecule has 2 saturated heterocycles. The molecule has 2 aromatic rings. The number of alkyl halides is 6. The summed E-state index contributed by atoms with van der Waals surface area (Å²) < 4.78 is 85.8. The van der Waals surface area contributed by atoms with Crippen LogP contribution in [0, 0.1) is 0 Å². The third-order valence-electron chi connectivity index (χ3n) is 6.28. The van der Waals surface area contributed by atoms with Gasteiger partial charge in [0.25, 0.3) is 5.91 Å². The Balaban J connectivity index is 1.81. The Bertz CT molecular complexity index is 1150. The largest absolute Gasteiger partial charge is 0.461 e. The molecule has 0 aromatic carbocycles. The molecule has 2 fully saturated rings. The molecule has 1 atom stereocenters. The Morgan fingerprint density at radius 1 is 1.17 bits per heavy atom.